The second kappa shape index (κ2) is 5.53. The molecule has 0 bridgehead atoms. The van der Waals surface area contributed by atoms with Gasteiger partial charge in [0.05, 0.1) is 0 Å². The molecule has 0 saturated heterocycles. The Balaban J connectivity index is 2.56. The number of methoxy groups -OCH3 is 1. The maximum Gasteiger partial charge on any atom is 0.148 e. The minimum Gasteiger partial charge on any atom is -0.372 e. The molecule has 0 aliphatic rings. The third kappa shape index (κ3) is 3.52. The second-order valence-corrected chi connectivity index (χ2v) is 4.88. The van der Waals surface area contributed by atoms with Gasteiger partial charge in [0.15, 0.2) is 0 Å². The third-order valence-corrected chi connectivity index (χ3v) is 3.55. The van der Waals surface area contributed by atoms with Gasteiger partial charge in [-0.05, 0) is 20.4 Å². The molecule has 4 nitrogen and oxygen atoms in total. The van der Waals surface area contributed by atoms with Crippen molar-refractivity contribution in [3.8, 4) is 0 Å². The van der Waals surface area contributed by atoms with Crippen LogP contribution in [0.15, 0.2) is 0 Å². The van der Waals surface area contributed by atoms with E-state index in [9.17, 15) is 0 Å². The van der Waals surface area contributed by atoms with Crippen LogP contribution in [-0.2, 0) is 16.8 Å². The molecule has 86 valence electrons. The topological polar surface area (TPSA) is 47.0 Å². The average Bonchev–Trinajstić information content (AvgIpc) is 2.68. The normalized spacial score (nSPS) is 12.0. The van der Waals surface area contributed by atoms with Crippen molar-refractivity contribution in [3.05, 3.63) is 10.0 Å². The maximum atomic E-state index is 5.35. The molecule has 0 saturated carbocycles. The van der Waals surface area contributed by atoms with Gasteiger partial charge >= 0.3 is 0 Å². The number of nitrogens with one attached hydrogen (secondary N) is 1. The van der Waals surface area contributed by atoms with Crippen molar-refractivity contribution < 1.29 is 4.74 Å². The van der Waals surface area contributed by atoms with E-state index in [1.54, 1.807) is 18.4 Å². The standard InChI is InChI=1S/C10H19N3OS/c1-5-11-7-6-8-12-13-9(15-8)10(2,3)14-4/h11H,5-7H2,1-4H3. The highest BCUT2D eigenvalue weighted by Gasteiger charge is 2.24. The second-order valence-electron chi connectivity index (χ2n) is 3.82. The first kappa shape index (κ1) is 12.5. The third-order valence-electron chi connectivity index (χ3n) is 2.26. The molecule has 1 rings (SSSR count). The van der Waals surface area contributed by atoms with Gasteiger partial charge in [-0.15, -0.1) is 10.2 Å². The molecular weight excluding hydrogens is 210 g/mol. The Morgan fingerprint density at radius 1 is 1.40 bits per heavy atom. The van der Waals surface area contributed by atoms with Crippen molar-refractivity contribution in [3.63, 3.8) is 0 Å². The van der Waals surface area contributed by atoms with E-state index in [4.69, 9.17) is 4.74 Å². The zero-order valence-electron chi connectivity index (χ0n) is 9.83. The van der Waals surface area contributed by atoms with Gasteiger partial charge in [-0.3, -0.25) is 0 Å². The summed E-state index contributed by atoms with van der Waals surface area (Å²) in [6, 6.07) is 0. The number of nitrogens with zero attached hydrogens (tertiary/aromatic N) is 2. The minimum absolute atomic E-state index is 0.325. The monoisotopic (exact) mass is 229 g/mol. The highest BCUT2D eigenvalue weighted by Crippen LogP contribution is 2.26. The molecule has 1 N–H and O–H groups in total. The van der Waals surface area contributed by atoms with Crippen molar-refractivity contribution in [2.45, 2.75) is 32.8 Å². The summed E-state index contributed by atoms with van der Waals surface area (Å²) in [6.45, 7) is 8.05. The molecule has 15 heavy (non-hydrogen) atoms. The summed E-state index contributed by atoms with van der Waals surface area (Å²) >= 11 is 1.63. The van der Waals surface area contributed by atoms with Crippen molar-refractivity contribution in [1.29, 1.82) is 0 Å². The van der Waals surface area contributed by atoms with Crippen LogP contribution in [-0.4, -0.2) is 30.4 Å². The van der Waals surface area contributed by atoms with Gasteiger partial charge in [0.1, 0.15) is 15.6 Å². The summed E-state index contributed by atoms with van der Waals surface area (Å²) < 4.78 is 5.35. The largest absolute Gasteiger partial charge is 0.372 e. The molecule has 0 atom stereocenters. The molecule has 1 heterocycles. The van der Waals surface area contributed by atoms with Gasteiger partial charge in [0.2, 0.25) is 0 Å². The summed E-state index contributed by atoms with van der Waals surface area (Å²) in [5.41, 5.74) is -0.325. The first-order valence-electron chi connectivity index (χ1n) is 5.19. The molecule has 5 heteroatoms. The van der Waals surface area contributed by atoms with Crippen molar-refractivity contribution >= 4 is 11.3 Å². The van der Waals surface area contributed by atoms with Gasteiger partial charge in [-0.25, -0.2) is 0 Å². The van der Waals surface area contributed by atoms with Gasteiger partial charge in [0.25, 0.3) is 0 Å². The highest BCUT2D eigenvalue weighted by atomic mass is 32.1. The lowest BCUT2D eigenvalue weighted by Crippen LogP contribution is -2.18. The smallest absolute Gasteiger partial charge is 0.148 e. The fourth-order valence-corrected chi connectivity index (χ4v) is 1.98. The molecule has 0 radical (unpaired) electrons. The Kier molecular flexibility index (Phi) is 4.63. The number of ether oxygens (including phenoxy) is 1. The molecule has 1 aromatic rings. The van der Waals surface area contributed by atoms with E-state index in [0.717, 1.165) is 29.5 Å². The minimum atomic E-state index is -0.325. The first-order chi connectivity index (χ1) is 7.10. The van der Waals surface area contributed by atoms with Crippen LogP contribution in [0.2, 0.25) is 0 Å². The molecule has 0 aromatic carbocycles. The fraction of sp³-hybridized carbons (Fsp3) is 0.800. The van der Waals surface area contributed by atoms with Crippen LogP contribution in [0.25, 0.3) is 0 Å². The van der Waals surface area contributed by atoms with Gasteiger partial charge in [0, 0.05) is 20.1 Å². The van der Waals surface area contributed by atoms with E-state index in [0.29, 0.717) is 0 Å². The van der Waals surface area contributed by atoms with E-state index in [1.807, 2.05) is 13.8 Å². The molecule has 0 spiro atoms. The van der Waals surface area contributed by atoms with Crippen LogP contribution in [0.4, 0.5) is 0 Å². The molecular formula is C10H19N3OS. The van der Waals surface area contributed by atoms with Crippen molar-refractivity contribution in [1.82, 2.24) is 15.5 Å². The summed E-state index contributed by atoms with van der Waals surface area (Å²) in [6.07, 6.45) is 0.936. The Bertz CT molecular complexity index is 299. The molecule has 1 aromatic heterocycles. The predicted octanol–water partition coefficient (Wildman–Crippen LogP) is 1.57. The van der Waals surface area contributed by atoms with E-state index in [1.165, 1.54) is 0 Å². The molecule has 0 aliphatic heterocycles. The lowest BCUT2D eigenvalue weighted by Gasteiger charge is -2.18. The molecule has 0 unspecified atom stereocenters. The van der Waals surface area contributed by atoms with Crippen LogP contribution in [0.1, 0.15) is 30.8 Å². The Hall–Kier alpha value is -0.520. The first-order valence-corrected chi connectivity index (χ1v) is 6.00. The van der Waals surface area contributed by atoms with Crippen LogP contribution >= 0.6 is 11.3 Å². The van der Waals surface area contributed by atoms with E-state index in [2.05, 4.69) is 22.4 Å². The van der Waals surface area contributed by atoms with Crippen LogP contribution in [0, 0.1) is 0 Å². The molecule has 0 fully saturated rings. The quantitative estimate of drug-likeness (QED) is 0.752. The van der Waals surface area contributed by atoms with E-state index < -0.39 is 0 Å². The molecule has 0 aliphatic carbocycles. The van der Waals surface area contributed by atoms with Crippen LogP contribution in [0.3, 0.4) is 0 Å². The summed E-state index contributed by atoms with van der Waals surface area (Å²) in [4.78, 5) is 0. The fourth-order valence-electron chi connectivity index (χ4n) is 1.06. The lowest BCUT2D eigenvalue weighted by molar-refractivity contribution is 0.0185. The Morgan fingerprint density at radius 3 is 2.73 bits per heavy atom. The predicted molar refractivity (Wildman–Crippen MR) is 62.2 cm³/mol. The van der Waals surface area contributed by atoms with Crippen LogP contribution in [0.5, 0.6) is 0 Å². The van der Waals surface area contributed by atoms with E-state index >= 15 is 0 Å². The van der Waals surface area contributed by atoms with Crippen molar-refractivity contribution in [2.75, 3.05) is 20.2 Å². The Labute approximate surface area is 95.1 Å². The maximum absolute atomic E-state index is 5.35. The SMILES string of the molecule is CCNCCc1nnc(C(C)(C)OC)s1. The lowest BCUT2D eigenvalue weighted by atomic mass is 10.1. The number of rotatable bonds is 6. The highest BCUT2D eigenvalue weighted by molar-refractivity contribution is 7.11. The van der Waals surface area contributed by atoms with Crippen molar-refractivity contribution in [2.24, 2.45) is 0 Å². The zero-order chi connectivity index (χ0) is 11.3. The van der Waals surface area contributed by atoms with Gasteiger partial charge < -0.3 is 10.1 Å². The number of hydrogen-bond donors (Lipinski definition) is 1. The number of aromatic nitrogens is 2. The summed E-state index contributed by atoms with van der Waals surface area (Å²) in [5, 5.41) is 13.6. The summed E-state index contributed by atoms with van der Waals surface area (Å²) in [7, 11) is 1.69. The Morgan fingerprint density at radius 2 is 2.13 bits per heavy atom. The average molecular weight is 229 g/mol. The summed E-state index contributed by atoms with van der Waals surface area (Å²) in [5.74, 6) is 0. The zero-order valence-corrected chi connectivity index (χ0v) is 10.6. The van der Waals surface area contributed by atoms with E-state index in [-0.39, 0.29) is 5.60 Å². The van der Waals surface area contributed by atoms with Crippen LogP contribution < -0.4 is 5.32 Å². The number of likely N-dealkylation sites (N-methyl/N-ethyl adjacent to an activating group) is 1. The van der Waals surface area contributed by atoms with Gasteiger partial charge in [-0.1, -0.05) is 18.3 Å². The number of hydrogen-bond acceptors (Lipinski definition) is 5. The molecule has 0 amide bonds. The van der Waals surface area contributed by atoms with Gasteiger partial charge in [-0.2, -0.15) is 0 Å².